The van der Waals surface area contributed by atoms with Crippen LogP contribution in [0.5, 0.6) is 0 Å². The fraction of sp³-hybridized carbons (Fsp3) is 0.962. The highest BCUT2D eigenvalue weighted by atomic mass is 16.5. The number of esters is 2. The first-order chi connectivity index (χ1) is 27.9. The first kappa shape index (κ1) is 60.2. The van der Waals surface area contributed by atoms with Gasteiger partial charge in [-0.25, -0.2) is 0 Å². The molecule has 0 fully saturated rings. The van der Waals surface area contributed by atoms with Gasteiger partial charge in [-0.2, -0.15) is 0 Å². The van der Waals surface area contributed by atoms with E-state index in [0.29, 0.717) is 12.8 Å². The minimum atomic E-state index is 0.0160. The first-order valence-electron chi connectivity index (χ1n) is 26.0. The van der Waals surface area contributed by atoms with Crippen molar-refractivity contribution >= 4 is 11.9 Å². The molecule has 5 nitrogen and oxygen atoms in total. The number of nitrogens with one attached hydrogen (secondary N) is 1. The summed E-state index contributed by atoms with van der Waals surface area (Å²) in [6, 6.07) is 0. The Kier molecular flexibility index (Phi) is 58.0. The monoisotopic (exact) mass is 810 g/mol. The molecule has 0 saturated carbocycles. The van der Waals surface area contributed by atoms with E-state index in [-0.39, 0.29) is 24.1 Å². The average molecular weight is 810 g/mol. The van der Waals surface area contributed by atoms with Crippen molar-refractivity contribution in [3.05, 3.63) is 0 Å². The van der Waals surface area contributed by atoms with Crippen LogP contribution in [0.25, 0.3) is 0 Å². The van der Waals surface area contributed by atoms with Gasteiger partial charge in [-0.3, -0.25) is 9.59 Å². The van der Waals surface area contributed by atoms with E-state index in [1.807, 2.05) is 0 Å². The van der Waals surface area contributed by atoms with Crippen molar-refractivity contribution in [2.24, 2.45) is 0 Å². The van der Waals surface area contributed by atoms with Gasteiger partial charge in [-0.15, -0.1) is 0 Å². The maximum atomic E-state index is 12.6. The normalized spacial score (nSPS) is 11.5. The van der Waals surface area contributed by atoms with Crippen LogP contribution in [0, 0.1) is 0 Å². The largest absolute Gasteiger partial charge is 0.462 e. The van der Waals surface area contributed by atoms with E-state index in [1.165, 1.54) is 173 Å². The second-order valence-electron chi connectivity index (χ2n) is 17.2. The minimum absolute atomic E-state index is 0.0160. The van der Waals surface area contributed by atoms with Gasteiger partial charge in [-0.1, -0.05) is 216 Å². The number of carbonyl (C=O) groups excluding carboxylic acids is 2. The third-order valence-electron chi connectivity index (χ3n) is 10.8. The van der Waals surface area contributed by atoms with Crippen molar-refractivity contribution in [3.63, 3.8) is 0 Å². The van der Waals surface area contributed by atoms with Crippen molar-refractivity contribution in [3.8, 4) is 0 Å². The molecular formula is C52H107NO4. The van der Waals surface area contributed by atoms with Gasteiger partial charge in [0.05, 0.1) is 0 Å². The molecule has 0 aromatic rings. The summed E-state index contributed by atoms with van der Waals surface area (Å²) in [6.45, 7) is 19.8. The van der Waals surface area contributed by atoms with Gasteiger partial charge in [-0.05, 0) is 83.7 Å². The van der Waals surface area contributed by atoms with Crippen molar-refractivity contribution in [2.45, 2.75) is 312 Å². The molecule has 0 aromatic carbocycles. The summed E-state index contributed by atoms with van der Waals surface area (Å²) in [6.07, 6.45) is 45.3. The highest BCUT2D eigenvalue weighted by molar-refractivity contribution is 5.69. The Morgan fingerprint density at radius 1 is 0.333 bits per heavy atom. The van der Waals surface area contributed by atoms with Gasteiger partial charge in [0, 0.05) is 12.8 Å². The van der Waals surface area contributed by atoms with E-state index in [2.05, 4.69) is 60.7 Å². The maximum absolute atomic E-state index is 12.6. The summed E-state index contributed by atoms with van der Waals surface area (Å²) >= 11 is 0. The number of hydrogen-bond acceptors (Lipinski definition) is 5. The van der Waals surface area contributed by atoms with Crippen LogP contribution < -0.4 is 5.32 Å². The molecule has 0 rings (SSSR count). The van der Waals surface area contributed by atoms with Crippen LogP contribution in [-0.4, -0.2) is 37.2 Å². The number of rotatable bonds is 42. The molecule has 1 unspecified atom stereocenters. The summed E-state index contributed by atoms with van der Waals surface area (Å²) in [7, 11) is 0. The molecule has 0 heterocycles. The lowest BCUT2D eigenvalue weighted by molar-refractivity contribution is -0.151. The van der Waals surface area contributed by atoms with Crippen LogP contribution in [0.4, 0.5) is 0 Å². The van der Waals surface area contributed by atoms with Crippen molar-refractivity contribution in [2.75, 3.05) is 13.1 Å². The molecule has 1 N–H and O–H groups in total. The van der Waals surface area contributed by atoms with E-state index < -0.39 is 0 Å². The molecule has 0 saturated heterocycles. The number of ether oxygens (including phenoxy) is 2. The quantitative estimate of drug-likeness (QED) is 0.0491. The van der Waals surface area contributed by atoms with E-state index in [0.717, 1.165) is 70.9 Å². The Labute approximate surface area is 359 Å². The summed E-state index contributed by atoms with van der Waals surface area (Å²) < 4.78 is 11.8. The predicted octanol–water partition coefficient (Wildman–Crippen LogP) is 17.4. The van der Waals surface area contributed by atoms with Crippen molar-refractivity contribution < 1.29 is 19.1 Å². The summed E-state index contributed by atoms with van der Waals surface area (Å²) in [5.41, 5.74) is 0. The molecular weight excluding hydrogens is 703 g/mol. The van der Waals surface area contributed by atoms with E-state index >= 15 is 0 Å². The molecule has 1 atom stereocenters. The van der Waals surface area contributed by atoms with Crippen LogP contribution in [-0.2, 0) is 19.1 Å². The van der Waals surface area contributed by atoms with Gasteiger partial charge in [0.15, 0.2) is 0 Å². The molecule has 0 spiro atoms. The highest BCUT2D eigenvalue weighted by Crippen LogP contribution is 2.19. The molecule has 0 aromatic heterocycles. The van der Waals surface area contributed by atoms with Gasteiger partial charge in [0.1, 0.15) is 12.2 Å². The zero-order chi connectivity index (χ0) is 42.7. The van der Waals surface area contributed by atoms with Crippen LogP contribution in [0.1, 0.15) is 299 Å². The Bertz CT molecular complexity index is 726. The molecule has 0 aliphatic rings. The molecule has 0 amide bonds. The standard InChI is InChI=1S/C45H89NO4.C4H10.C3H8/c1-5-9-12-15-20-27-35-42(34-8-4)49-44(47)38-30-23-18-25-32-40-46-41-33-26-19-24-31-39-45(48)50-43(36-28-21-16-13-10-6-2)37-29-22-17-14-11-7-3;1-3-4-2;1-3-2/h42-43,46H,5-41H2,1-4H3;3-4H2,1-2H3;3H2,1-2H3. The second-order valence-corrected chi connectivity index (χ2v) is 17.2. The van der Waals surface area contributed by atoms with Crippen LogP contribution in [0.15, 0.2) is 0 Å². The third-order valence-corrected chi connectivity index (χ3v) is 10.8. The topological polar surface area (TPSA) is 64.6 Å². The molecule has 0 radical (unpaired) electrons. The summed E-state index contributed by atoms with van der Waals surface area (Å²) in [4.78, 5) is 25.0. The SMILES string of the molecule is CCC.CCCC.CCCCCCCCC(CCC)OC(=O)CCCCCCCNCCCCCCCC(=O)OC(CCCCCCCC)CCCCCCCC. The van der Waals surface area contributed by atoms with Gasteiger partial charge < -0.3 is 14.8 Å². The van der Waals surface area contributed by atoms with Crippen LogP contribution in [0.3, 0.4) is 0 Å². The smallest absolute Gasteiger partial charge is 0.306 e. The maximum Gasteiger partial charge on any atom is 0.306 e. The zero-order valence-electron chi connectivity index (χ0n) is 40.6. The predicted molar refractivity (Wildman–Crippen MR) is 253 cm³/mol. The molecule has 344 valence electrons. The van der Waals surface area contributed by atoms with Gasteiger partial charge >= 0.3 is 11.9 Å². The highest BCUT2D eigenvalue weighted by Gasteiger charge is 2.15. The molecule has 57 heavy (non-hydrogen) atoms. The number of unbranched alkanes of at least 4 members (excludes halogenated alkanes) is 24. The Hall–Kier alpha value is -1.10. The molecule has 0 bridgehead atoms. The molecule has 0 aliphatic heterocycles. The fourth-order valence-electron chi connectivity index (χ4n) is 7.02. The second kappa shape index (κ2) is 54.9. The molecule has 0 aliphatic carbocycles. The van der Waals surface area contributed by atoms with Gasteiger partial charge in [0.2, 0.25) is 0 Å². The lowest BCUT2D eigenvalue weighted by Gasteiger charge is -2.18. The van der Waals surface area contributed by atoms with E-state index in [4.69, 9.17) is 9.47 Å². The summed E-state index contributed by atoms with van der Waals surface area (Å²) in [5.74, 6) is 0.0512. The Morgan fingerprint density at radius 3 is 0.930 bits per heavy atom. The van der Waals surface area contributed by atoms with E-state index in [9.17, 15) is 9.59 Å². The lowest BCUT2D eigenvalue weighted by atomic mass is 10.0. The first-order valence-corrected chi connectivity index (χ1v) is 26.0. The summed E-state index contributed by atoms with van der Waals surface area (Å²) in [5, 5.41) is 3.60. The zero-order valence-corrected chi connectivity index (χ0v) is 40.6. The van der Waals surface area contributed by atoms with Crippen molar-refractivity contribution in [1.29, 1.82) is 0 Å². The number of carbonyl (C=O) groups is 2. The average Bonchev–Trinajstić information content (AvgIpc) is 3.20. The fourth-order valence-corrected chi connectivity index (χ4v) is 7.02. The lowest BCUT2D eigenvalue weighted by Crippen LogP contribution is -2.18. The van der Waals surface area contributed by atoms with Crippen LogP contribution in [0.2, 0.25) is 0 Å². The molecule has 5 heteroatoms. The van der Waals surface area contributed by atoms with E-state index in [1.54, 1.807) is 0 Å². The Balaban J connectivity index is -0.00000383. The van der Waals surface area contributed by atoms with Gasteiger partial charge in [0.25, 0.3) is 0 Å². The van der Waals surface area contributed by atoms with Crippen LogP contribution >= 0.6 is 0 Å². The number of hydrogen-bond donors (Lipinski definition) is 1. The third kappa shape index (κ3) is 54.9. The minimum Gasteiger partial charge on any atom is -0.462 e. The van der Waals surface area contributed by atoms with Crippen molar-refractivity contribution in [1.82, 2.24) is 5.32 Å². The Morgan fingerprint density at radius 2 is 0.614 bits per heavy atom.